The summed E-state index contributed by atoms with van der Waals surface area (Å²) in [5, 5.41) is 0. The zero-order valence-electron chi connectivity index (χ0n) is 14.7. The molecule has 3 rings (SSSR count). The number of rotatable bonds is 5. The first-order chi connectivity index (χ1) is 12.0. The summed E-state index contributed by atoms with van der Waals surface area (Å²) in [5.74, 6) is 0.798. The van der Waals surface area contributed by atoms with Crippen molar-refractivity contribution in [2.45, 2.75) is 62.3 Å². The van der Waals surface area contributed by atoms with Gasteiger partial charge >= 0.3 is 0 Å². The second-order valence-corrected chi connectivity index (χ2v) is 9.01. The number of amides is 1. The molecule has 0 atom stereocenters. The minimum atomic E-state index is -3.47. The second kappa shape index (κ2) is 8.32. The fraction of sp³-hybridized carbons (Fsp3) is 0.632. The molecule has 0 spiro atoms. The number of carbonyl (C=O) groups excluding carboxylic acids is 1. The van der Waals surface area contributed by atoms with Crippen LogP contribution in [0.25, 0.3) is 0 Å². The van der Waals surface area contributed by atoms with Crippen LogP contribution in [0.1, 0.15) is 51.4 Å². The van der Waals surface area contributed by atoms with Gasteiger partial charge in [0, 0.05) is 25.6 Å². The Morgan fingerprint density at radius 2 is 1.64 bits per heavy atom. The summed E-state index contributed by atoms with van der Waals surface area (Å²) < 4.78 is 27.6. The predicted molar refractivity (Wildman–Crippen MR) is 97.6 cm³/mol. The summed E-state index contributed by atoms with van der Waals surface area (Å²) in [4.78, 5) is 14.7. The van der Waals surface area contributed by atoms with E-state index in [1.807, 2.05) is 4.90 Å². The number of sulfonamides is 1. The highest BCUT2D eigenvalue weighted by atomic mass is 32.2. The van der Waals surface area contributed by atoms with Crippen LogP contribution in [0.4, 0.5) is 0 Å². The molecule has 138 valence electrons. The summed E-state index contributed by atoms with van der Waals surface area (Å²) >= 11 is 0. The van der Waals surface area contributed by atoms with Crippen LogP contribution in [0.5, 0.6) is 0 Å². The molecule has 0 radical (unpaired) electrons. The van der Waals surface area contributed by atoms with Gasteiger partial charge in [0.05, 0.1) is 4.90 Å². The number of piperidine rings is 1. The lowest BCUT2D eigenvalue weighted by molar-refractivity contribution is -0.133. The molecule has 1 heterocycles. The van der Waals surface area contributed by atoms with Crippen molar-refractivity contribution in [2.24, 2.45) is 5.92 Å². The normalized spacial score (nSPS) is 20.6. The highest BCUT2D eigenvalue weighted by molar-refractivity contribution is 7.89. The van der Waals surface area contributed by atoms with Gasteiger partial charge in [0.15, 0.2) is 0 Å². The van der Waals surface area contributed by atoms with E-state index in [1.54, 1.807) is 30.3 Å². The lowest BCUT2D eigenvalue weighted by Crippen LogP contribution is -2.46. The summed E-state index contributed by atoms with van der Waals surface area (Å²) in [5.41, 5.74) is 0. The van der Waals surface area contributed by atoms with Gasteiger partial charge in [0.25, 0.3) is 0 Å². The van der Waals surface area contributed by atoms with E-state index in [0.717, 1.165) is 0 Å². The predicted octanol–water partition coefficient (Wildman–Crippen LogP) is 2.93. The third kappa shape index (κ3) is 5.05. The lowest BCUT2D eigenvalue weighted by Gasteiger charge is -2.33. The molecule has 1 aromatic rings. The van der Waals surface area contributed by atoms with Crippen LogP contribution in [0.3, 0.4) is 0 Å². The number of nitrogens with one attached hydrogen (secondary N) is 1. The quantitative estimate of drug-likeness (QED) is 0.873. The molecule has 2 fully saturated rings. The molecule has 25 heavy (non-hydrogen) atoms. The SMILES string of the molecule is O=C(CC1CCCCC1)N1CCC(NS(=O)(=O)c2ccccc2)CC1. The summed E-state index contributed by atoms with van der Waals surface area (Å²) in [6.07, 6.45) is 8.20. The van der Waals surface area contributed by atoms with E-state index < -0.39 is 10.0 Å². The third-order valence-electron chi connectivity index (χ3n) is 5.41. The summed E-state index contributed by atoms with van der Waals surface area (Å²) in [6, 6.07) is 8.36. The number of hydrogen-bond donors (Lipinski definition) is 1. The standard InChI is InChI=1S/C19H28N2O3S/c22-19(15-16-7-3-1-4-8-16)21-13-11-17(12-14-21)20-25(23,24)18-9-5-2-6-10-18/h2,5-6,9-10,16-17,20H,1,3-4,7-8,11-15H2. The number of hydrogen-bond acceptors (Lipinski definition) is 3. The molecule has 1 aliphatic heterocycles. The van der Waals surface area contributed by atoms with Crippen LogP contribution in [-0.2, 0) is 14.8 Å². The maximum absolute atomic E-state index is 12.5. The molecule has 1 saturated heterocycles. The van der Waals surface area contributed by atoms with Gasteiger partial charge in [-0.05, 0) is 43.7 Å². The average molecular weight is 365 g/mol. The second-order valence-electron chi connectivity index (χ2n) is 7.30. The molecule has 1 saturated carbocycles. The smallest absolute Gasteiger partial charge is 0.240 e. The van der Waals surface area contributed by atoms with Gasteiger partial charge in [-0.1, -0.05) is 37.5 Å². The lowest BCUT2D eigenvalue weighted by atomic mass is 9.86. The average Bonchev–Trinajstić information content (AvgIpc) is 2.63. The monoisotopic (exact) mass is 364 g/mol. The first-order valence-electron chi connectivity index (χ1n) is 9.40. The Morgan fingerprint density at radius 3 is 2.28 bits per heavy atom. The van der Waals surface area contributed by atoms with Crippen molar-refractivity contribution in [1.29, 1.82) is 0 Å². The Balaban J connectivity index is 1.47. The molecule has 0 bridgehead atoms. The van der Waals surface area contributed by atoms with E-state index >= 15 is 0 Å². The highest BCUT2D eigenvalue weighted by Crippen LogP contribution is 2.27. The van der Waals surface area contributed by atoms with Crippen molar-refractivity contribution >= 4 is 15.9 Å². The van der Waals surface area contributed by atoms with E-state index in [2.05, 4.69) is 4.72 Å². The minimum Gasteiger partial charge on any atom is -0.343 e. The Morgan fingerprint density at radius 1 is 1.00 bits per heavy atom. The number of carbonyl (C=O) groups is 1. The third-order valence-corrected chi connectivity index (χ3v) is 6.95. The summed E-state index contributed by atoms with van der Waals surface area (Å²) in [6.45, 7) is 1.29. The Labute approximate surface area is 150 Å². The molecule has 6 heteroatoms. The van der Waals surface area contributed by atoms with E-state index in [1.165, 1.54) is 32.1 Å². The number of benzene rings is 1. The van der Waals surface area contributed by atoms with Gasteiger partial charge in [-0.25, -0.2) is 13.1 Å². The number of nitrogens with zero attached hydrogens (tertiary/aromatic N) is 1. The fourth-order valence-corrected chi connectivity index (χ4v) is 5.23. The Hall–Kier alpha value is -1.40. The molecule has 0 aromatic heterocycles. The van der Waals surface area contributed by atoms with E-state index in [4.69, 9.17) is 0 Å². The Bertz CT molecular complexity index is 661. The molecule has 1 N–H and O–H groups in total. The molecule has 0 unspecified atom stereocenters. The van der Waals surface area contributed by atoms with E-state index in [0.29, 0.717) is 43.2 Å². The van der Waals surface area contributed by atoms with E-state index in [9.17, 15) is 13.2 Å². The van der Waals surface area contributed by atoms with Crippen LogP contribution < -0.4 is 4.72 Å². The van der Waals surface area contributed by atoms with Gasteiger partial charge in [-0.3, -0.25) is 4.79 Å². The van der Waals surface area contributed by atoms with Crippen LogP contribution in [0.15, 0.2) is 35.2 Å². The van der Waals surface area contributed by atoms with Crippen LogP contribution in [0.2, 0.25) is 0 Å². The van der Waals surface area contributed by atoms with E-state index in [-0.39, 0.29) is 11.9 Å². The van der Waals surface area contributed by atoms with Gasteiger partial charge in [-0.2, -0.15) is 0 Å². The largest absolute Gasteiger partial charge is 0.343 e. The zero-order chi connectivity index (χ0) is 17.7. The van der Waals surface area contributed by atoms with Crippen molar-refractivity contribution in [1.82, 2.24) is 9.62 Å². The fourth-order valence-electron chi connectivity index (χ4n) is 3.90. The minimum absolute atomic E-state index is 0.0936. The van der Waals surface area contributed by atoms with Crippen molar-refractivity contribution in [3.05, 3.63) is 30.3 Å². The molecule has 1 aliphatic carbocycles. The molecule has 2 aliphatic rings. The molecular formula is C19H28N2O3S. The molecule has 5 nitrogen and oxygen atoms in total. The van der Waals surface area contributed by atoms with Crippen molar-refractivity contribution in [3.8, 4) is 0 Å². The van der Waals surface area contributed by atoms with Gasteiger partial charge in [-0.15, -0.1) is 0 Å². The highest BCUT2D eigenvalue weighted by Gasteiger charge is 2.28. The number of likely N-dealkylation sites (tertiary alicyclic amines) is 1. The maximum Gasteiger partial charge on any atom is 0.240 e. The molecular weight excluding hydrogens is 336 g/mol. The van der Waals surface area contributed by atoms with Crippen molar-refractivity contribution in [2.75, 3.05) is 13.1 Å². The van der Waals surface area contributed by atoms with Crippen LogP contribution in [0, 0.1) is 5.92 Å². The first-order valence-corrected chi connectivity index (χ1v) is 10.9. The molecule has 1 aromatic carbocycles. The van der Waals surface area contributed by atoms with Crippen LogP contribution in [-0.4, -0.2) is 38.4 Å². The zero-order valence-corrected chi connectivity index (χ0v) is 15.5. The topological polar surface area (TPSA) is 66.5 Å². The Kier molecular flexibility index (Phi) is 6.12. The molecule has 1 amide bonds. The van der Waals surface area contributed by atoms with Crippen molar-refractivity contribution in [3.63, 3.8) is 0 Å². The van der Waals surface area contributed by atoms with Crippen molar-refractivity contribution < 1.29 is 13.2 Å². The van der Waals surface area contributed by atoms with Crippen LogP contribution >= 0.6 is 0 Å². The maximum atomic E-state index is 12.5. The van der Waals surface area contributed by atoms with Gasteiger partial charge in [0.2, 0.25) is 15.9 Å². The van der Waals surface area contributed by atoms with Gasteiger partial charge in [0.1, 0.15) is 0 Å². The first kappa shape index (κ1) is 18.4. The summed E-state index contributed by atoms with van der Waals surface area (Å²) in [7, 11) is -3.47. The van der Waals surface area contributed by atoms with Gasteiger partial charge < -0.3 is 4.90 Å².